The van der Waals surface area contributed by atoms with Crippen LogP contribution in [0.2, 0.25) is 5.02 Å². The number of nitrogens with one attached hydrogen (secondary N) is 4. The Morgan fingerprint density at radius 1 is 1.31 bits per heavy atom. The number of aliphatic imine (C=N–C) groups is 1. The van der Waals surface area contributed by atoms with E-state index in [0.717, 1.165) is 11.3 Å². The van der Waals surface area contributed by atoms with Crippen molar-refractivity contribution in [1.29, 1.82) is 5.41 Å². The van der Waals surface area contributed by atoms with Gasteiger partial charge >= 0.3 is 0 Å². The van der Waals surface area contributed by atoms with Crippen LogP contribution >= 0.6 is 23.4 Å². The fourth-order valence-electron chi connectivity index (χ4n) is 3.76. The van der Waals surface area contributed by atoms with Crippen LogP contribution in [-0.2, 0) is 4.79 Å². The monoisotopic (exact) mass is 472 g/mol. The number of amides is 1. The van der Waals surface area contributed by atoms with Gasteiger partial charge in [-0.15, -0.1) is 0 Å². The van der Waals surface area contributed by atoms with Gasteiger partial charge in [-0.05, 0) is 43.7 Å². The normalized spacial score (nSPS) is 22.4. The number of halogens is 1. The molecule has 0 bridgehead atoms. The highest BCUT2D eigenvalue weighted by Gasteiger charge is 2.43. The third-order valence-corrected chi connectivity index (χ3v) is 6.88. The van der Waals surface area contributed by atoms with Gasteiger partial charge in [-0.3, -0.25) is 20.5 Å². The van der Waals surface area contributed by atoms with E-state index >= 15 is 0 Å². The van der Waals surface area contributed by atoms with Crippen molar-refractivity contribution in [2.75, 3.05) is 23.1 Å². The van der Waals surface area contributed by atoms with Crippen LogP contribution in [0.1, 0.15) is 12.5 Å². The van der Waals surface area contributed by atoms with E-state index in [4.69, 9.17) is 26.7 Å². The molecule has 0 aliphatic carbocycles. The van der Waals surface area contributed by atoms with Crippen molar-refractivity contribution in [3.63, 3.8) is 0 Å². The molecule has 0 saturated carbocycles. The minimum Gasteiger partial charge on any atom is -0.497 e. The summed E-state index contributed by atoms with van der Waals surface area (Å²) >= 11 is 7.44. The number of hydrogen-bond acceptors (Lipinski definition) is 7. The number of carbonyl (C=O) groups excluding carboxylic acids is 1. The number of thioether (sulfide) groups is 1. The molecule has 32 heavy (non-hydrogen) atoms. The highest BCUT2D eigenvalue weighted by atomic mass is 35.5. The van der Waals surface area contributed by atoms with Crippen LogP contribution in [0.4, 0.5) is 11.4 Å². The molecular weight excluding hydrogens is 448 g/mol. The summed E-state index contributed by atoms with van der Waals surface area (Å²) in [5, 5.41) is 13.0. The largest absolute Gasteiger partial charge is 0.497 e. The van der Waals surface area contributed by atoms with Gasteiger partial charge in [0.1, 0.15) is 17.8 Å². The van der Waals surface area contributed by atoms with Crippen LogP contribution in [0.3, 0.4) is 0 Å². The lowest BCUT2D eigenvalue weighted by atomic mass is 9.97. The Kier molecular flexibility index (Phi) is 6.71. The van der Waals surface area contributed by atoms with Gasteiger partial charge < -0.3 is 10.1 Å². The van der Waals surface area contributed by atoms with E-state index < -0.39 is 0 Å². The van der Waals surface area contributed by atoms with Gasteiger partial charge in [-0.2, -0.15) is 0 Å². The van der Waals surface area contributed by atoms with E-state index in [1.165, 1.54) is 11.8 Å². The number of methoxy groups -OCH3 is 1. The van der Waals surface area contributed by atoms with Crippen LogP contribution in [-0.4, -0.2) is 42.0 Å². The Bertz CT molecular complexity index is 1080. The number of fused-ring (bicyclic) bond motifs is 1. The molecule has 1 fully saturated rings. The molecule has 2 heterocycles. The Hall–Kier alpha value is -2.59. The summed E-state index contributed by atoms with van der Waals surface area (Å²) in [6.45, 7) is 3.88. The van der Waals surface area contributed by atoms with E-state index in [2.05, 4.69) is 16.2 Å². The van der Waals surface area contributed by atoms with Gasteiger partial charge in [0.25, 0.3) is 0 Å². The fourth-order valence-corrected chi connectivity index (χ4v) is 4.79. The smallest absolute Gasteiger partial charge is 0.234 e. The number of amidine groups is 2. The molecule has 168 valence electrons. The standard InChI is InChI=1S/C22H25ClN6O2S/c1-12-16(23)8-5-9-17(12)25-18(30)11-32-22-26-21-19(13(2)27-28-21)20(24)29(22)14-6-4-7-15(10-14)31-3/h4-10,13,19,21,24,27-28H,11H2,1-3H3,(H,25,30). The van der Waals surface area contributed by atoms with Crippen molar-refractivity contribution >= 4 is 51.6 Å². The maximum atomic E-state index is 12.7. The molecule has 2 aromatic rings. The topological polar surface area (TPSA) is 102 Å². The molecule has 2 aliphatic heterocycles. The van der Waals surface area contributed by atoms with E-state index in [1.807, 2.05) is 44.2 Å². The number of ether oxygens (including phenoxy) is 1. The Morgan fingerprint density at radius 3 is 2.88 bits per heavy atom. The number of rotatable bonds is 5. The highest BCUT2D eigenvalue weighted by molar-refractivity contribution is 8.14. The van der Waals surface area contributed by atoms with E-state index in [0.29, 0.717) is 27.5 Å². The summed E-state index contributed by atoms with van der Waals surface area (Å²) in [5.41, 5.74) is 8.58. The van der Waals surface area contributed by atoms with Crippen LogP contribution in [0.5, 0.6) is 5.75 Å². The average Bonchev–Trinajstić information content (AvgIpc) is 3.16. The number of benzene rings is 2. The van der Waals surface area contributed by atoms with E-state index in [-0.39, 0.29) is 29.8 Å². The number of hydrogen-bond donors (Lipinski definition) is 4. The van der Waals surface area contributed by atoms with Gasteiger partial charge in [0.15, 0.2) is 5.17 Å². The van der Waals surface area contributed by atoms with Gasteiger partial charge in [-0.25, -0.2) is 10.4 Å². The Balaban J connectivity index is 1.56. The predicted octanol–water partition coefficient (Wildman–Crippen LogP) is 3.62. The molecule has 4 N–H and O–H groups in total. The van der Waals surface area contributed by atoms with E-state index in [9.17, 15) is 4.79 Å². The molecule has 0 spiro atoms. The van der Waals surface area contributed by atoms with Crippen molar-refractivity contribution in [3.8, 4) is 5.75 Å². The summed E-state index contributed by atoms with van der Waals surface area (Å²) in [6.07, 6.45) is -0.264. The second-order valence-corrected chi connectivity index (χ2v) is 8.98. The van der Waals surface area contributed by atoms with Crippen LogP contribution in [0.25, 0.3) is 0 Å². The first kappa shape index (κ1) is 22.6. The lowest BCUT2D eigenvalue weighted by Crippen LogP contribution is -2.50. The first-order valence-electron chi connectivity index (χ1n) is 10.2. The third kappa shape index (κ3) is 4.47. The van der Waals surface area contributed by atoms with Crippen molar-refractivity contribution in [1.82, 2.24) is 10.9 Å². The molecule has 0 radical (unpaired) electrons. The first-order chi connectivity index (χ1) is 15.4. The lowest BCUT2D eigenvalue weighted by Gasteiger charge is -2.36. The van der Waals surface area contributed by atoms with Crippen molar-refractivity contribution in [2.24, 2.45) is 10.9 Å². The minimum absolute atomic E-state index is 0.0463. The summed E-state index contributed by atoms with van der Waals surface area (Å²) in [4.78, 5) is 19.3. The second kappa shape index (κ2) is 9.50. The molecular formula is C22H25ClN6O2S. The molecule has 4 rings (SSSR count). The average molecular weight is 473 g/mol. The first-order valence-corrected chi connectivity index (χ1v) is 11.5. The molecule has 2 aromatic carbocycles. The zero-order valence-corrected chi connectivity index (χ0v) is 19.6. The molecule has 3 unspecified atom stereocenters. The van der Waals surface area contributed by atoms with Crippen LogP contribution < -0.4 is 25.8 Å². The van der Waals surface area contributed by atoms with Crippen LogP contribution in [0.15, 0.2) is 47.5 Å². The van der Waals surface area contributed by atoms with Crippen molar-refractivity contribution < 1.29 is 9.53 Å². The summed E-state index contributed by atoms with van der Waals surface area (Å²) in [5.74, 6) is 0.934. The zero-order valence-electron chi connectivity index (χ0n) is 18.0. The van der Waals surface area contributed by atoms with Crippen LogP contribution in [0, 0.1) is 18.3 Å². The molecule has 0 aromatic heterocycles. The molecule has 8 nitrogen and oxygen atoms in total. The molecule has 2 aliphatic rings. The van der Waals surface area contributed by atoms with E-state index in [1.54, 1.807) is 24.1 Å². The van der Waals surface area contributed by atoms with Gasteiger partial charge in [0, 0.05) is 22.8 Å². The maximum absolute atomic E-state index is 12.7. The summed E-state index contributed by atoms with van der Waals surface area (Å²) in [6, 6.07) is 12.9. The molecule has 1 saturated heterocycles. The van der Waals surface area contributed by atoms with Gasteiger partial charge in [0.2, 0.25) is 5.91 Å². The van der Waals surface area contributed by atoms with Gasteiger partial charge in [-0.1, -0.05) is 35.5 Å². The summed E-state index contributed by atoms with van der Waals surface area (Å²) in [7, 11) is 1.61. The number of carbonyl (C=O) groups is 1. The minimum atomic E-state index is -0.264. The molecule has 1 amide bonds. The quantitative estimate of drug-likeness (QED) is 0.530. The van der Waals surface area contributed by atoms with Crippen molar-refractivity contribution in [3.05, 3.63) is 53.1 Å². The number of anilines is 2. The number of hydrazine groups is 1. The highest BCUT2D eigenvalue weighted by Crippen LogP contribution is 2.33. The zero-order chi connectivity index (χ0) is 22.8. The maximum Gasteiger partial charge on any atom is 0.234 e. The SMILES string of the molecule is COc1cccc(N2C(=N)C3C(C)NNC3N=C2SCC(=O)Nc2cccc(Cl)c2C)c1. The summed E-state index contributed by atoms with van der Waals surface area (Å²) < 4.78 is 5.37. The Morgan fingerprint density at radius 2 is 2.09 bits per heavy atom. The Labute approximate surface area is 196 Å². The lowest BCUT2D eigenvalue weighted by molar-refractivity contribution is -0.113. The predicted molar refractivity (Wildman–Crippen MR) is 131 cm³/mol. The number of nitrogens with zero attached hydrogens (tertiary/aromatic N) is 2. The molecule has 10 heteroatoms. The third-order valence-electron chi connectivity index (χ3n) is 5.52. The van der Waals surface area contributed by atoms with Gasteiger partial charge in [0.05, 0.1) is 24.5 Å². The second-order valence-electron chi connectivity index (χ2n) is 7.63. The molecule has 3 atom stereocenters. The van der Waals surface area contributed by atoms with Crippen molar-refractivity contribution in [2.45, 2.75) is 26.1 Å². The fraction of sp³-hybridized carbons (Fsp3) is 0.318.